The molecule has 0 aromatic carbocycles. The summed E-state index contributed by atoms with van der Waals surface area (Å²) in [5, 5.41) is 0. The van der Waals surface area contributed by atoms with Crippen LogP contribution in [-0.2, 0) is 4.74 Å². The van der Waals surface area contributed by atoms with Crippen molar-refractivity contribution in [2.24, 2.45) is 0 Å². The third-order valence-electron chi connectivity index (χ3n) is 2.18. The average molecular weight is 200 g/mol. The van der Waals surface area contributed by atoms with Gasteiger partial charge in [0.05, 0.1) is 0 Å². The molecule has 0 radical (unpaired) electrons. The predicted octanol–water partition coefficient (Wildman–Crippen LogP) is 2.45. The zero-order valence-electron chi connectivity index (χ0n) is 8.33. The molecule has 1 aromatic rings. The molecule has 1 unspecified atom stereocenters. The molecule has 0 amide bonds. The van der Waals surface area contributed by atoms with E-state index in [1.54, 1.807) is 7.11 Å². The molecule has 0 bridgehead atoms. The van der Waals surface area contributed by atoms with Crippen LogP contribution in [0, 0.1) is 11.7 Å². The molecule has 74 valence electrons. The zero-order chi connectivity index (χ0) is 9.84. The Morgan fingerprint density at radius 3 is 2.85 bits per heavy atom. The van der Waals surface area contributed by atoms with Crippen molar-refractivity contribution < 1.29 is 4.74 Å². The van der Waals surface area contributed by atoms with Crippen LogP contribution in [-0.4, -0.2) is 23.3 Å². The molecule has 0 saturated heterocycles. The van der Waals surface area contributed by atoms with Gasteiger partial charge in [-0.2, -0.15) is 0 Å². The maximum absolute atomic E-state index is 5.17. The van der Waals surface area contributed by atoms with Crippen molar-refractivity contribution in [3.63, 3.8) is 0 Å². The molecule has 1 atom stereocenters. The summed E-state index contributed by atoms with van der Waals surface area (Å²) in [6, 6.07) is 0.402. The molecule has 0 saturated carbocycles. The Balaban J connectivity index is 2.75. The number of nitrogens with zero attached hydrogens (tertiary/aromatic N) is 1. The number of hydrogen-bond acceptors (Lipinski definition) is 2. The number of aromatic amines is 1. The first kappa shape index (κ1) is 10.5. The van der Waals surface area contributed by atoms with Crippen LogP contribution in [0.5, 0.6) is 0 Å². The monoisotopic (exact) mass is 200 g/mol. The third kappa shape index (κ3) is 2.42. The van der Waals surface area contributed by atoms with Gasteiger partial charge >= 0.3 is 0 Å². The summed E-state index contributed by atoms with van der Waals surface area (Å²) >= 11 is 5.17. The van der Waals surface area contributed by atoms with Gasteiger partial charge in [0.25, 0.3) is 0 Å². The second-order valence-electron chi connectivity index (χ2n) is 3.24. The van der Waals surface area contributed by atoms with Crippen molar-refractivity contribution in [2.45, 2.75) is 26.3 Å². The highest BCUT2D eigenvalue weighted by molar-refractivity contribution is 7.71. The Hall–Kier alpha value is -0.610. The van der Waals surface area contributed by atoms with Crippen LogP contribution in [0.2, 0.25) is 0 Å². The lowest BCUT2D eigenvalue weighted by atomic mass is 10.2. The van der Waals surface area contributed by atoms with Crippen molar-refractivity contribution in [1.29, 1.82) is 0 Å². The summed E-state index contributed by atoms with van der Waals surface area (Å²) in [7, 11) is 1.72. The first-order valence-electron chi connectivity index (χ1n) is 4.42. The normalized spacial score (nSPS) is 13.2. The smallest absolute Gasteiger partial charge is 0.177 e. The zero-order valence-corrected chi connectivity index (χ0v) is 9.15. The number of imidazole rings is 1. The SMILES string of the molecule is COCCC(C)n1c(C)c[nH]c1=S. The Morgan fingerprint density at radius 1 is 1.69 bits per heavy atom. The fourth-order valence-corrected chi connectivity index (χ4v) is 1.81. The fraction of sp³-hybridized carbons (Fsp3) is 0.667. The molecule has 1 heterocycles. The number of hydrogen-bond donors (Lipinski definition) is 1. The summed E-state index contributed by atoms with van der Waals surface area (Å²) in [4.78, 5) is 3.03. The van der Waals surface area contributed by atoms with Crippen LogP contribution in [0.1, 0.15) is 25.1 Å². The van der Waals surface area contributed by atoms with Gasteiger partial charge in [-0.25, -0.2) is 0 Å². The summed E-state index contributed by atoms with van der Waals surface area (Å²) < 4.78 is 7.94. The molecule has 0 aliphatic carbocycles. The average Bonchev–Trinajstić information content (AvgIpc) is 2.42. The molecule has 0 spiro atoms. The Morgan fingerprint density at radius 2 is 2.38 bits per heavy atom. The Labute approximate surface area is 83.7 Å². The van der Waals surface area contributed by atoms with E-state index in [0.29, 0.717) is 6.04 Å². The van der Waals surface area contributed by atoms with Crippen LogP contribution in [0.25, 0.3) is 0 Å². The molecule has 0 fully saturated rings. The summed E-state index contributed by atoms with van der Waals surface area (Å²) in [6.45, 7) is 4.97. The van der Waals surface area contributed by atoms with Crippen molar-refractivity contribution in [3.05, 3.63) is 16.7 Å². The van der Waals surface area contributed by atoms with Crippen LogP contribution in [0.15, 0.2) is 6.20 Å². The minimum absolute atomic E-state index is 0.402. The number of H-pyrrole nitrogens is 1. The van der Waals surface area contributed by atoms with Gasteiger partial charge in [0, 0.05) is 31.6 Å². The van der Waals surface area contributed by atoms with E-state index >= 15 is 0 Å². The summed E-state index contributed by atoms with van der Waals surface area (Å²) in [5.41, 5.74) is 1.17. The van der Waals surface area contributed by atoms with Gasteiger partial charge in [0.15, 0.2) is 4.77 Å². The molecule has 0 aliphatic rings. The van der Waals surface area contributed by atoms with E-state index in [1.807, 2.05) is 6.20 Å². The van der Waals surface area contributed by atoms with E-state index in [1.165, 1.54) is 5.69 Å². The lowest BCUT2D eigenvalue weighted by molar-refractivity contribution is 0.180. The number of ether oxygens (including phenoxy) is 1. The largest absolute Gasteiger partial charge is 0.385 e. The molecule has 4 heteroatoms. The van der Waals surface area contributed by atoms with E-state index in [2.05, 4.69) is 23.4 Å². The van der Waals surface area contributed by atoms with Gasteiger partial charge in [0.1, 0.15) is 0 Å². The van der Waals surface area contributed by atoms with Gasteiger partial charge in [-0.15, -0.1) is 0 Å². The third-order valence-corrected chi connectivity index (χ3v) is 2.50. The number of methoxy groups -OCH3 is 1. The van der Waals surface area contributed by atoms with Crippen LogP contribution >= 0.6 is 12.2 Å². The van der Waals surface area contributed by atoms with Crippen molar-refractivity contribution >= 4 is 12.2 Å². The van der Waals surface area contributed by atoms with E-state index in [4.69, 9.17) is 17.0 Å². The van der Waals surface area contributed by atoms with Gasteiger partial charge in [-0.1, -0.05) is 0 Å². The molecular weight excluding hydrogens is 184 g/mol. The van der Waals surface area contributed by atoms with Crippen LogP contribution in [0.4, 0.5) is 0 Å². The molecule has 13 heavy (non-hydrogen) atoms. The standard InChI is InChI=1S/C9H16N2OS/c1-7(4-5-12-3)11-8(2)6-10-9(11)13/h6-7H,4-5H2,1-3H3,(H,10,13). The first-order valence-corrected chi connectivity index (χ1v) is 4.83. The van der Waals surface area contributed by atoms with Crippen molar-refractivity contribution in [3.8, 4) is 0 Å². The van der Waals surface area contributed by atoms with E-state index in [0.717, 1.165) is 17.8 Å². The topological polar surface area (TPSA) is 29.9 Å². The first-order chi connectivity index (χ1) is 6.16. The van der Waals surface area contributed by atoms with Crippen molar-refractivity contribution in [2.75, 3.05) is 13.7 Å². The maximum atomic E-state index is 5.17. The highest BCUT2D eigenvalue weighted by atomic mass is 32.1. The number of nitrogens with one attached hydrogen (secondary N) is 1. The number of aryl methyl sites for hydroxylation is 1. The summed E-state index contributed by atoms with van der Waals surface area (Å²) in [6.07, 6.45) is 2.93. The van der Waals surface area contributed by atoms with Gasteiger partial charge in [-0.3, -0.25) is 0 Å². The highest BCUT2D eigenvalue weighted by Gasteiger charge is 2.07. The lowest BCUT2D eigenvalue weighted by Gasteiger charge is -2.14. The van der Waals surface area contributed by atoms with E-state index in [-0.39, 0.29) is 0 Å². The Bertz CT molecular complexity index is 316. The Kier molecular flexibility index (Phi) is 3.69. The molecule has 0 aliphatic heterocycles. The second kappa shape index (κ2) is 4.58. The second-order valence-corrected chi connectivity index (χ2v) is 3.62. The van der Waals surface area contributed by atoms with Crippen LogP contribution < -0.4 is 0 Å². The van der Waals surface area contributed by atoms with Gasteiger partial charge < -0.3 is 14.3 Å². The number of aromatic nitrogens is 2. The molecule has 1 N–H and O–H groups in total. The quantitative estimate of drug-likeness (QED) is 0.757. The molecule has 3 nitrogen and oxygen atoms in total. The molecule has 1 aromatic heterocycles. The van der Waals surface area contributed by atoms with Crippen molar-refractivity contribution in [1.82, 2.24) is 9.55 Å². The minimum atomic E-state index is 0.402. The highest BCUT2D eigenvalue weighted by Crippen LogP contribution is 2.14. The van der Waals surface area contributed by atoms with Gasteiger partial charge in [0.2, 0.25) is 0 Å². The lowest BCUT2D eigenvalue weighted by Crippen LogP contribution is -2.09. The van der Waals surface area contributed by atoms with E-state index in [9.17, 15) is 0 Å². The van der Waals surface area contributed by atoms with E-state index < -0.39 is 0 Å². The predicted molar refractivity (Wildman–Crippen MR) is 55.6 cm³/mol. The minimum Gasteiger partial charge on any atom is -0.385 e. The maximum Gasteiger partial charge on any atom is 0.177 e. The van der Waals surface area contributed by atoms with Crippen LogP contribution in [0.3, 0.4) is 0 Å². The van der Waals surface area contributed by atoms with Gasteiger partial charge in [-0.05, 0) is 32.5 Å². The summed E-state index contributed by atoms with van der Waals surface area (Å²) in [5.74, 6) is 0. The fourth-order valence-electron chi connectivity index (χ4n) is 1.43. The molecular formula is C9H16N2OS. The molecule has 1 rings (SSSR count). The number of rotatable bonds is 4.